The Morgan fingerprint density at radius 3 is 2.50 bits per heavy atom. The normalized spacial score (nSPS) is 19.8. The number of amides is 1. The van der Waals surface area contributed by atoms with E-state index in [2.05, 4.69) is 5.32 Å². The number of hydrogen-bond acceptors (Lipinski definition) is 2. The molecule has 94 valence electrons. The standard InChI is InChI=1S/C13H26N2O/c1-11(2)12(16)15-10-6-9-13(14)7-4-3-5-8-13/h11H,3-10,14H2,1-2H3,(H,15,16). The first kappa shape index (κ1) is 13.5. The first-order valence-electron chi connectivity index (χ1n) is 6.60. The predicted molar refractivity (Wildman–Crippen MR) is 67.1 cm³/mol. The molecule has 0 spiro atoms. The Morgan fingerprint density at radius 1 is 1.31 bits per heavy atom. The van der Waals surface area contributed by atoms with E-state index < -0.39 is 0 Å². The molecular weight excluding hydrogens is 200 g/mol. The molecule has 3 nitrogen and oxygen atoms in total. The predicted octanol–water partition coefficient (Wildman–Crippen LogP) is 2.20. The largest absolute Gasteiger partial charge is 0.356 e. The van der Waals surface area contributed by atoms with E-state index in [4.69, 9.17) is 5.73 Å². The zero-order valence-corrected chi connectivity index (χ0v) is 10.7. The van der Waals surface area contributed by atoms with Gasteiger partial charge in [0, 0.05) is 18.0 Å². The highest BCUT2D eigenvalue weighted by Gasteiger charge is 2.26. The lowest BCUT2D eigenvalue weighted by Crippen LogP contribution is -2.42. The van der Waals surface area contributed by atoms with Crippen LogP contribution in [-0.2, 0) is 4.79 Å². The van der Waals surface area contributed by atoms with E-state index in [0.29, 0.717) is 0 Å². The van der Waals surface area contributed by atoms with E-state index in [1.54, 1.807) is 0 Å². The van der Waals surface area contributed by atoms with Crippen LogP contribution in [0.3, 0.4) is 0 Å². The van der Waals surface area contributed by atoms with Gasteiger partial charge in [0.1, 0.15) is 0 Å². The quantitative estimate of drug-likeness (QED) is 0.706. The van der Waals surface area contributed by atoms with Crippen molar-refractivity contribution >= 4 is 5.91 Å². The van der Waals surface area contributed by atoms with Gasteiger partial charge in [0.25, 0.3) is 0 Å². The van der Waals surface area contributed by atoms with Crippen molar-refractivity contribution in [2.45, 2.75) is 64.3 Å². The van der Waals surface area contributed by atoms with Crippen molar-refractivity contribution in [2.75, 3.05) is 6.54 Å². The minimum Gasteiger partial charge on any atom is -0.356 e. The molecule has 0 bridgehead atoms. The van der Waals surface area contributed by atoms with Crippen LogP contribution in [0.5, 0.6) is 0 Å². The van der Waals surface area contributed by atoms with Crippen molar-refractivity contribution in [3.8, 4) is 0 Å². The minimum absolute atomic E-state index is 0.0564. The molecule has 1 fully saturated rings. The first-order chi connectivity index (χ1) is 7.53. The maximum Gasteiger partial charge on any atom is 0.222 e. The van der Waals surface area contributed by atoms with Crippen molar-refractivity contribution in [2.24, 2.45) is 11.7 Å². The van der Waals surface area contributed by atoms with Crippen LogP contribution in [0, 0.1) is 5.92 Å². The van der Waals surface area contributed by atoms with Crippen molar-refractivity contribution in [1.29, 1.82) is 0 Å². The van der Waals surface area contributed by atoms with E-state index in [1.807, 2.05) is 13.8 Å². The second-order valence-corrected chi connectivity index (χ2v) is 5.47. The Hall–Kier alpha value is -0.570. The minimum atomic E-state index is 0.0564. The zero-order valence-electron chi connectivity index (χ0n) is 10.7. The maximum absolute atomic E-state index is 11.3. The Balaban J connectivity index is 2.12. The monoisotopic (exact) mass is 226 g/mol. The summed E-state index contributed by atoms with van der Waals surface area (Å²) in [7, 11) is 0. The van der Waals surface area contributed by atoms with Gasteiger partial charge in [-0.15, -0.1) is 0 Å². The molecule has 0 aromatic heterocycles. The molecule has 0 atom stereocenters. The van der Waals surface area contributed by atoms with Crippen LogP contribution in [0.15, 0.2) is 0 Å². The third-order valence-electron chi connectivity index (χ3n) is 3.52. The number of carbonyl (C=O) groups is 1. The molecule has 16 heavy (non-hydrogen) atoms. The highest BCUT2D eigenvalue weighted by atomic mass is 16.1. The zero-order chi connectivity index (χ0) is 12.0. The average molecular weight is 226 g/mol. The molecule has 0 aliphatic heterocycles. The van der Waals surface area contributed by atoms with Gasteiger partial charge in [-0.1, -0.05) is 33.1 Å². The fourth-order valence-electron chi connectivity index (χ4n) is 2.36. The number of nitrogens with two attached hydrogens (primary N) is 1. The molecule has 0 saturated heterocycles. The molecule has 3 N–H and O–H groups in total. The lowest BCUT2D eigenvalue weighted by atomic mass is 9.79. The van der Waals surface area contributed by atoms with Crippen LogP contribution >= 0.6 is 0 Å². The molecule has 0 unspecified atom stereocenters. The molecule has 0 radical (unpaired) electrons. The summed E-state index contributed by atoms with van der Waals surface area (Å²) in [6, 6.07) is 0. The highest BCUT2D eigenvalue weighted by Crippen LogP contribution is 2.29. The molecule has 0 aromatic carbocycles. The van der Waals surface area contributed by atoms with Gasteiger partial charge in [0.05, 0.1) is 0 Å². The first-order valence-corrected chi connectivity index (χ1v) is 6.60. The van der Waals surface area contributed by atoms with Crippen molar-refractivity contribution in [3.05, 3.63) is 0 Å². The van der Waals surface area contributed by atoms with Crippen LogP contribution in [-0.4, -0.2) is 18.0 Å². The van der Waals surface area contributed by atoms with E-state index >= 15 is 0 Å². The van der Waals surface area contributed by atoms with Gasteiger partial charge in [-0.2, -0.15) is 0 Å². The van der Waals surface area contributed by atoms with Crippen molar-refractivity contribution in [3.63, 3.8) is 0 Å². The molecule has 3 heteroatoms. The van der Waals surface area contributed by atoms with Gasteiger partial charge >= 0.3 is 0 Å². The molecule has 1 amide bonds. The highest BCUT2D eigenvalue weighted by molar-refractivity contribution is 5.77. The summed E-state index contributed by atoms with van der Waals surface area (Å²) in [5, 5.41) is 2.94. The van der Waals surface area contributed by atoms with Crippen LogP contribution in [0.2, 0.25) is 0 Å². The summed E-state index contributed by atoms with van der Waals surface area (Å²) in [5.41, 5.74) is 6.38. The lowest BCUT2D eigenvalue weighted by molar-refractivity contribution is -0.123. The molecule has 1 rings (SSSR count). The van der Waals surface area contributed by atoms with Crippen LogP contribution < -0.4 is 11.1 Å². The second kappa shape index (κ2) is 6.24. The lowest BCUT2D eigenvalue weighted by Gasteiger charge is -2.33. The van der Waals surface area contributed by atoms with Gasteiger partial charge in [0.2, 0.25) is 5.91 Å². The van der Waals surface area contributed by atoms with Gasteiger partial charge < -0.3 is 11.1 Å². The average Bonchev–Trinajstić information content (AvgIpc) is 2.25. The number of nitrogens with one attached hydrogen (secondary N) is 1. The Kier molecular flexibility index (Phi) is 5.26. The van der Waals surface area contributed by atoms with Crippen molar-refractivity contribution in [1.82, 2.24) is 5.32 Å². The smallest absolute Gasteiger partial charge is 0.222 e. The molecular formula is C13H26N2O. The number of hydrogen-bond donors (Lipinski definition) is 2. The summed E-state index contributed by atoms with van der Waals surface area (Å²) in [6.07, 6.45) is 8.25. The SMILES string of the molecule is CC(C)C(=O)NCCCC1(N)CCCCC1. The summed E-state index contributed by atoms with van der Waals surface area (Å²) in [4.78, 5) is 11.3. The second-order valence-electron chi connectivity index (χ2n) is 5.47. The fourth-order valence-corrected chi connectivity index (χ4v) is 2.36. The van der Waals surface area contributed by atoms with E-state index in [-0.39, 0.29) is 17.4 Å². The molecule has 0 aromatic rings. The van der Waals surface area contributed by atoms with E-state index in [1.165, 1.54) is 19.3 Å². The number of carbonyl (C=O) groups excluding carboxylic acids is 1. The Morgan fingerprint density at radius 2 is 1.94 bits per heavy atom. The summed E-state index contributed by atoms with van der Waals surface area (Å²) in [5.74, 6) is 0.233. The molecule has 1 aliphatic carbocycles. The van der Waals surface area contributed by atoms with Crippen LogP contribution in [0.4, 0.5) is 0 Å². The summed E-state index contributed by atoms with van der Waals surface area (Å²) < 4.78 is 0. The summed E-state index contributed by atoms with van der Waals surface area (Å²) >= 11 is 0. The maximum atomic E-state index is 11.3. The Labute approximate surface area is 99.2 Å². The van der Waals surface area contributed by atoms with E-state index in [0.717, 1.165) is 32.2 Å². The third kappa shape index (κ3) is 4.52. The van der Waals surface area contributed by atoms with Gasteiger partial charge in [-0.3, -0.25) is 4.79 Å². The third-order valence-corrected chi connectivity index (χ3v) is 3.52. The topological polar surface area (TPSA) is 55.1 Å². The molecule has 1 saturated carbocycles. The van der Waals surface area contributed by atoms with Crippen LogP contribution in [0.1, 0.15) is 58.8 Å². The summed E-state index contributed by atoms with van der Waals surface area (Å²) in [6.45, 7) is 4.61. The van der Waals surface area contributed by atoms with Gasteiger partial charge in [-0.05, 0) is 25.7 Å². The van der Waals surface area contributed by atoms with Crippen molar-refractivity contribution < 1.29 is 4.79 Å². The molecule has 0 heterocycles. The Bertz CT molecular complexity index is 220. The molecule has 1 aliphatic rings. The number of rotatable bonds is 5. The van der Waals surface area contributed by atoms with Gasteiger partial charge in [-0.25, -0.2) is 0 Å². The van der Waals surface area contributed by atoms with Crippen LogP contribution in [0.25, 0.3) is 0 Å². The fraction of sp³-hybridized carbons (Fsp3) is 0.923. The van der Waals surface area contributed by atoms with E-state index in [9.17, 15) is 4.79 Å². The van der Waals surface area contributed by atoms with Gasteiger partial charge in [0.15, 0.2) is 0 Å².